The van der Waals surface area contributed by atoms with E-state index in [1.807, 2.05) is 0 Å². The standard InChI is InChI=1S/C16H20N2O3/c19-15(20)9-6-13-4-7-14(8-5-13)18-16(21)17-11-10-12-2-1-3-12/h4-9,12H,1-3,10-11H2,(H,19,20)(H2,17,18,21)/b9-6+. The molecular formula is C16H20N2O3. The van der Waals surface area contributed by atoms with Crippen molar-refractivity contribution >= 4 is 23.8 Å². The van der Waals surface area contributed by atoms with Gasteiger partial charge in [0.2, 0.25) is 0 Å². The highest BCUT2D eigenvalue weighted by Crippen LogP contribution is 2.28. The van der Waals surface area contributed by atoms with Crippen LogP contribution in [0.1, 0.15) is 31.2 Å². The molecular weight excluding hydrogens is 268 g/mol. The molecule has 0 spiro atoms. The maximum atomic E-state index is 11.7. The summed E-state index contributed by atoms with van der Waals surface area (Å²) in [7, 11) is 0. The van der Waals surface area contributed by atoms with E-state index in [-0.39, 0.29) is 6.03 Å². The topological polar surface area (TPSA) is 78.4 Å². The molecule has 112 valence electrons. The molecule has 0 heterocycles. The number of carbonyl (C=O) groups is 2. The van der Waals surface area contributed by atoms with Crippen molar-refractivity contribution in [2.45, 2.75) is 25.7 Å². The van der Waals surface area contributed by atoms with Gasteiger partial charge < -0.3 is 15.7 Å². The van der Waals surface area contributed by atoms with Crippen LogP contribution in [0, 0.1) is 5.92 Å². The van der Waals surface area contributed by atoms with E-state index in [1.165, 1.54) is 25.3 Å². The zero-order valence-corrected chi connectivity index (χ0v) is 11.8. The summed E-state index contributed by atoms with van der Waals surface area (Å²) >= 11 is 0. The molecule has 0 radical (unpaired) electrons. The lowest BCUT2D eigenvalue weighted by molar-refractivity contribution is -0.131. The van der Waals surface area contributed by atoms with E-state index in [0.717, 1.165) is 24.0 Å². The van der Waals surface area contributed by atoms with Crippen molar-refractivity contribution in [3.05, 3.63) is 35.9 Å². The highest BCUT2D eigenvalue weighted by Gasteiger charge is 2.16. The Morgan fingerprint density at radius 1 is 1.24 bits per heavy atom. The second-order valence-corrected chi connectivity index (χ2v) is 5.26. The summed E-state index contributed by atoms with van der Waals surface area (Å²) in [5.74, 6) is -0.200. The van der Waals surface area contributed by atoms with Crippen LogP contribution in [0.3, 0.4) is 0 Å². The summed E-state index contributed by atoms with van der Waals surface area (Å²) < 4.78 is 0. The summed E-state index contributed by atoms with van der Waals surface area (Å²) in [5.41, 5.74) is 1.46. The predicted octanol–water partition coefficient (Wildman–Crippen LogP) is 3.10. The zero-order chi connectivity index (χ0) is 15.1. The van der Waals surface area contributed by atoms with Gasteiger partial charge in [-0.3, -0.25) is 0 Å². The molecule has 0 atom stereocenters. The lowest BCUT2D eigenvalue weighted by Crippen LogP contribution is -2.31. The Bertz CT molecular complexity index is 519. The Hall–Kier alpha value is -2.30. The number of hydrogen-bond donors (Lipinski definition) is 3. The van der Waals surface area contributed by atoms with Crippen molar-refractivity contribution in [2.24, 2.45) is 5.92 Å². The van der Waals surface area contributed by atoms with Crippen LogP contribution in [0.15, 0.2) is 30.3 Å². The Morgan fingerprint density at radius 3 is 2.52 bits per heavy atom. The second-order valence-electron chi connectivity index (χ2n) is 5.26. The van der Waals surface area contributed by atoms with Gasteiger partial charge in [-0.05, 0) is 36.1 Å². The number of aliphatic carboxylic acids is 1. The van der Waals surface area contributed by atoms with Crippen molar-refractivity contribution in [3.8, 4) is 0 Å². The number of nitrogens with one attached hydrogen (secondary N) is 2. The lowest BCUT2D eigenvalue weighted by Gasteiger charge is -2.25. The van der Waals surface area contributed by atoms with Crippen LogP contribution in [0.5, 0.6) is 0 Å². The van der Waals surface area contributed by atoms with E-state index < -0.39 is 5.97 Å². The first-order chi connectivity index (χ1) is 10.1. The Labute approximate surface area is 124 Å². The molecule has 2 rings (SSSR count). The van der Waals surface area contributed by atoms with Crippen LogP contribution in [0.2, 0.25) is 0 Å². The predicted molar refractivity (Wildman–Crippen MR) is 82.1 cm³/mol. The monoisotopic (exact) mass is 288 g/mol. The summed E-state index contributed by atoms with van der Waals surface area (Å²) in [6.07, 6.45) is 7.52. The zero-order valence-electron chi connectivity index (χ0n) is 11.8. The fourth-order valence-corrected chi connectivity index (χ4v) is 2.19. The van der Waals surface area contributed by atoms with E-state index in [0.29, 0.717) is 12.2 Å². The Balaban J connectivity index is 1.73. The minimum Gasteiger partial charge on any atom is -0.478 e. The average molecular weight is 288 g/mol. The molecule has 1 aromatic rings. The van der Waals surface area contributed by atoms with Crippen LogP contribution in [0.4, 0.5) is 10.5 Å². The van der Waals surface area contributed by atoms with E-state index in [2.05, 4.69) is 10.6 Å². The molecule has 1 aromatic carbocycles. The van der Waals surface area contributed by atoms with Crippen molar-refractivity contribution in [2.75, 3.05) is 11.9 Å². The van der Waals surface area contributed by atoms with E-state index in [4.69, 9.17) is 5.11 Å². The van der Waals surface area contributed by atoms with Gasteiger partial charge in [0.1, 0.15) is 0 Å². The van der Waals surface area contributed by atoms with Crippen molar-refractivity contribution in [1.82, 2.24) is 5.32 Å². The van der Waals surface area contributed by atoms with Gasteiger partial charge in [-0.25, -0.2) is 9.59 Å². The van der Waals surface area contributed by atoms with Crippen LogP contribution < -0.4 is 10.6 Å². The first-order valence-corrected chi connectivity index (χ1v) is 7.19. The van der Waals surface area contributed by atoms with E-state index in [1.54, 1.807) is 24.3 Å². The fourth-order valence-electron chi connectivity index (χ4n) is 2.19. The highest BCUT2D eigenvalue weighted by molar-refractivity contribution is 5.89. The number of rotatable bonds is 6. The first-order valence-electron chi connectivity index (χ1n) is 7.19. The molecule has 1 aliphatic carbocycles. The molecule has 0 saturated heterocycles. The smallest absolute Gasteiger partial charge is 0.328 e. The Kier molecular flexibility index (Phi) is 5.37. The fraction of sp³-hybridized carbons (Fsp3) is 0.375. The number of hydrogen-bond acceptors (Lipinski definition) is 2. The molecule has 1 fully saturated rings. The summed E-state index contributed by atoms with van der Waals surface area (Å²) in [6, 6.07) is 6.79. The van der Waals surface area contributed by atoms with Gasteiger partial charge in [0, 0.05) is 18.3 Å². The SMILES string of the molecule is O=C(O)/C=C/c1ccc(NC(=O)NCCC2CCC2)cc1. The lowest BCUT2D eigenvalue weighted by atomic mass is 9.83. The molecule has 1 saturated carbocycles. The van der Waals surface area contributed by atoms with Gasteiger partial charge >= 0.3 is 12.0 Å². The maximum Gasteiger partial charge on any atom is 0.328 e. The minimum atomic E-state index is -0.983. The second kappa shape index (κ2) is 7.47. The number of amides is 2. The molecule has 0 unspecified atom stereocenters. The van der Waals surface area contributed by atoms with Crippen molar-refractivity contribution < 1.29 is 14.7 Å². The molecule has 21 heavy (non-hydrogen) atoms. The summed E-state index contributed by atoms with van der Waals surface area (Å²) in [5, 5.41) is 14.1. The normalized spacial score (nSPS) is 14.7. The first kappa shape index (κ1) is 15.1. The largest absolute Gasteiger partial charge is 0.478 e. The molecule has 5 nitrogen and oxygen atoms in total. The highest BCUT2D eigenvalue weighted by atomic mass is 16.4. The minimum absolute atomic E-state index is 0.205. The van der Waals surface area contributed by atoms with Crippen LogP contribution in [-0.4, -0.2) is 23.7 Å². The molecule has 2 amide bonds. The third-order valence-corrected chi connectivity index (χ3v) is 3.65. The average Bonchev–Trinajstić information content (AvgIpc) is 2.41. The summed E-state index contributed by atoms with van der Waals surface area (Å²) in [6.45, 7) is 0.704. The number of carboxylic acids is 1. The quantitative estimate of drug-likeness (QED) is 0.704. The van der Waals surface area contributed by atoms with Crippen molar-refractivity contribution in [3.63, 3.8) is 0 Å². The number of urea groups is 1. The molecule has 1 aliphatic rings. The van der Waals surface area contributed by atoms with Crippen LogP contribution in [-0.2, 0) is 4.79 Å². The van der Waals surface area contributed by atoms with Gasteiger partial charge in [0.25, 0.3) is 0 Å². The molecule has 5 heteroatoms. The van der Waals surface area contributed by atoms with Gasteiger partial charge in [0.15, 0.2) is 0 Å². The third-order valence-electron chi connectivity index (χ3n) is 3.65. The van der Waals surface area contributed by atoms with E-state index >= 15 is 0 Å². The number of benzene rings is 1. The van der Waals surface area contributed by atoms with Crippen LogP contribution in [0.25, 0.3) is 6.08 Å². The summed E-state index contributed by atoms with van der Waals surface area (Å²) in [4.78, 5) is 22.1. The number of anilines is 1. The van der Waals surface area contributed by atoms with E-state index in [9.17, 15) is 9.59 Å². The van der Waals surface area contributed by atoms with Gasteiger partial charge in [-0.15, -0.1) is 0 Å². The molecule has 0 aliphatic heterocycles. The molecule has 0 aromatic heterocycles. The number of carbonyl (C=O) groups excluding carboxylic acids is 1. The molecule has 0 bridgehead atoms. The third kappa shape index (κ3) is 5.30. The van der Waals surface area contributed by atoms with Crippen LogP contribution >= 0.6 is 0 Å². The van der Waals surface area contributed by atoms with Gasteiger partial charge in [-0.2, -0.15) is 0 Å². The van der Waals surface area contributed by atoms with Crippen molar-refractivity contribution in [1.29, 1.82) is 0 Å². The Morgan fingerprint density at radius 2 is 1.95 bits per heavy atom. The molecule has 3 N–H and O–H groups in total. The van der Waals surface area contributed by atoms with Gasteiger partial charge in [-0.1, -0.05) is 31.4 Å². The number of carboxylic acid groups (broad SMARTS) is 1. The van der Waals surface area contributed by atoms with Gasteiger partial charge in [0.05, 0.1) is 0 Å². The maximum absolute atomic E-state index is 11.7.